The lowest BCUT2D eigenvalue weighted by Gasteiger charge is -2.10. The number of nitrogens with one attached hydrogen (secondary N) is 2. The number of aromatic nitrogens is 1. The van der Waals surface area contributed by atoms with E-state index in [9.17, 15) is 13.2 Å². The van der Waals surface area contributed by atoms with Crippen LogP contribution in [-0.4, -0.2) is 19.4 Å². The van der Waals surface area contributed by atoms with E-state index in [0.717, 1.165) is 16.7 Å². The van der Waals surface area contributed by atoms with Gasteiger partial charge in [-0.1, -0.05) is 42.5 Å². The topological polar surface area (TPSA) is 88.2 Å². The molecule has 0 atom stereocenters. The van der Waals surface area contributed by atoms with Gasteiger partial charge < -0.3 is 10.6 Å². The maximum atomic E-state index is 13.1. The van der Waals surface area contributed by atoms with Crippen LogP contribution in [0.4, 0.5) is 10.5 Å². The summed E-state index contributed by atoms with van der Waals surface area (Å²) in [7, 11) is -3.70. The van der Waals surface area contributed by atoms with Crippen LogP contribution in [0.1, 0.15) is 5.56 Å². The van der Waals surface area contributed by atoms with Crippen LogP contribution in [0.25, 0.3) is 11.1 Å². The number of pyridine rings is 1. The van der Waals surface area contributed by atoms with Crippen LogP contribution in [0.3, 0.4) is 0 Å². The molecule has 0 aliphatic carbocycles. The lowest BCUT2D eigenvalue weighted by atomic mass is 10.1. The van der Waals surface area contributed by atoms with Crippen molar-refractivity contribution in [3.63, 3.8) is 0 Å². The Labute approximate surface area is 186 Å². The molecular formula is C25H21N3O3S. The van der Waals surface area contributed by atoms with Gasteiger partial charge in [0, 0.05) is 24.6 Å². The first-order chi connectivity index (χ1) is 15.5. The number of amides is 2. The molecule has 0 aliphatic heterocycles. The van der Waals surface area contributed by atoms with Gasteiger partial charge in [0.2, 0.25) is 9.84 Å². The van der Waals surface area contributed by atoms with E-state index in [2.05, 4.69) is 15.6 Å². The Kier molecular flexibility index (Phi) is 6.28. The molecule has 0 saturated heterocycles. The molecule has 2 N–H and O–H groups in total. The Bertz CT molecular complexity index is 1310. The van der Waals surface area contributed by atoms with Crippen LogP contribution >= 0.6 is 0 Å². The quantitative estimate of drug-likeness (QED) is 0.444. The van der Waals surface area contributed by atoms with E-state index in [1.54, 1.807) is 42.7 Å². The number of hydrogen-bond donors (Lipinski definition) is 2. The molecule has 0 unspecified atom stereocenters. The lowest BCUT2D eigenvalue weighted by molar-refractivity contribution is 0.251. The van der Waals surface area contributed by atoms with E-state index in [0.29, 0.717) is 12.2 Å². The molecule has 1 heterocycles. The monoisotopic (exact) mass is 443 g/mol. The molecule has 6 nitrogen and oxygen atoms in total. The summed E-state index contributed by atoms with van der Waals surface area (Å²) in [5, 5.41) is 5.44. The maximum absolute atomic E-state index is 13.1. The fourth-order valence-corrected chi connectivity index (χ4v) is 4.49. The normalized spacial score (nSPS) is 11.0. The van der Waals surface area contributed by atoms with Crippen LogP contribution in [0.15, 0.2) is 113 Å². The third kappa shape index (κ3) is 5.01. The number of rotatable bonds is 6. The van der Waals surface area contributed by atoms with Crippen LogP contribution < -0.4 is 10.6 Å². The molecule has 0 saturated carbocycles. The van der Waals surface area contributed by atoms with E-state index in [4.69, 9.17) is 0 Å². The Morgan fingerprint density at radius 1 is 0.750 bits per heavy atom. The van der Waals surface area contributed by atoms with Crippen molar-refractivity contribution in [1.29, 1.82) is 0 Å². The summed E-state index contributed by atoms with van der Waals surface area (Å²) in [5.41, 5.74) is 3.20. The number of benzene rings is 3. The first kappa shape index (κ1) is 21.3. The van der Waals surface area contributed by atoms with Crippen molar-refractivity contribution in [3.8, 4) is 11.1 Å². The molecule has 32 heavy (non-hydrogen) atoms. The van der Waals surface area contributed by atoms with Crippen molar-refractivity contribution in [2.75, 3.05) is 5.32 Å². The Morgan fingerprint density at radius 3 is 2.16 bits per heavy atom. The first-order valence-electron chi connectivity index (χ1n) is 9.97. The van der Waals surface area contributed by atoms with Gasteiger partial charge in [0.1, 0.15) is 0 Å². The van der Waals surface area contributed by atoms with Gasteiger partial charge in [0.05, 0.1) is 9.79 Å². The van der Waals surface area contributed by atoms with Crippen LogP contribution in [0.2, 0.25) is 0 Å². The second kappa shape index (κ2) is 9.45. The van der Waals surface area contributed by atoms with Gasteiger partial charge in [-0.25, -0.2) is 13.2 Å². The van der Waals surface area contributed by atoms with Crippen LogP contribution in [0.5, 0.6) is 0 Å². The van der Waals surface area contributed by atoms with Crippen molar-refractivity contribution >= 4 is 21.6 Å². The average Bonchev–Trinajstić information content (AvgIpc) is 2.84. The highest BCUT2D eigenvalue weighted by Gasteiger charge is 2.18. The smallest absolute Gasteiger partial charge is 0.319 e. The summed E-state index contributed by atoms with van der Waals surface area (Å²) < 4.78 is 26.2. The number of anilines is 1. The van der Waals surface area contributed by atoms with E-state index in [1.165, 1.54) is 12.1 Å². The van der Waals surface area contributed by atoms with E-state index >= 15 is 0 Å². The number of urea groups is 1. The minimum Gasteiger partial charge on any atom is -0.334 e. The number of carbonyl (C=O) groups is 1. The van der Waals surface area contributed by atoms with Crippen molar-refractivity contribution in [2.45, 2.75) is 16.3 Å². The third-order valence-electron chi connectivity index (χ3n) is 4.88. The van der Waals surface area contributed by atoms with Crippen molar-refractivity contribution < 1.29 is 13.2 Å². The number of sulfone groups is 1. The van der Waals surface area contributed by atoms with Gasteiger partial charge in [-0.3, -0.25) is 4.98 Å². The molecule has 0 bridgehead atoms. The Balaban J connectivity index is 1.46. The van der Waals surface area contributed by atoms with Crippen LogP contribution in [-0.2, 0) is 16.4 Å². The average molecular weight is 444 g/mol. The van der Waals surface area contributed by atoms with Gasteiger partial charge in [-0.2, -0.15) is 0 Å². The van der Waals surface area contributed by atoms with Crippen LogP contribution in [0, 0.1) is 0 Å². The molecule has 160 valence electrons. The van der Waals surface area contributed by atoms with Gasteiger partial charge in [0.15, 0.2) is 0 Å². The summed E-state index contributed by atoms with van der Waals surface area (Å²) >= 11 is 0. The molecule has 0 spiro atoms. The zero-order valence-electron chi connectivity index (χ0n) is 17.1. The predicted octanol–water partition coefficient (Wildman–Crippen LogP) is 4.90. The molecule has 1 aromatic heterocycles. The molecular weight excluding hydrogens is 422 g/mol. The van der Waals surface area contributed by atoms with Gasteiger partial charge in [-0.15, -0.1) is 0 Å². The fraction of sp³-hybridized carbons (Fsp3) is 0.0400. The highest BCUT2D eigenvalue weighted by atomic mass is 32.2. The SMILES string of the molecule is O=C(NCc1ccncc1)Nc1ccc(S(=O)(=O)c2cccc(-c3ccccc3)c2)cc1. The van der Waals surface area contributed by atoms with Gasteiger partial charge in [0.25, 0.3) is 0 Å². The molecule has 0 radical (unpaired) electrons. The molecule has 0 aliphatic rings. The summed E-state index contributed by atoms with van der Waals surface area (Å²) in [6.07, 6.45) is 3.31. The number of nitrogens with zero attached hydrogens (tertiary/aromatic N) is 1. The molecule has 2 amide bonds. The molecule has 3 aromatic carbocycles. The molecule has 4 rings (SSSR count). The second-order valence-electron chi connectivity index (χ2n) is 7.08. The highest BCUT2D eigenvalue weighted by molar-refractivity contribution is 7.91. The summed E-state index contributed by atoms with van der Waals surface area (Å²) in [6, 6.07) is 25.8. The zero-order valence-corrected chi connectivity index (χ0v) is 17.9. The molecule has 4 aromatic rings. The maximum Gasteiger partial charge on any atom is 0.319 e. The first-order valence-corrected chi connectivity index (χ1v) is 11.4. The van der Waals surface area contributed by atoms with Crippen molar-refractivity contribution in [3.05, 3.63) is 109 Å². The van der Waals surface area contributed by atoms with Crippen molar-refractivity contribution in [2.24, 2.45) is 0 Å². The van der Waals surface area contributed by atoms with E-state index < -0.39 is 9.84 Å². The lowest BCUT2D eigenvalue weighted by Crippen LogP contribution is -2.28. The number of hydrogen-bond acceptors (Lipinski definition) is 4. The Morgan fingerprint density at radius 2 is 1.44 bits per heavy atom. The largest absolute Gasteiger partial charge is 0.334 e. The van der Waals surface area contributed by atoms with Crippen molar-refractivity contribution in [1.82, 2.24) is 10.3 Å². The fourth-order valence-electron chi connectivity index (χ4n) is 3.19. The molecule has 7 heteroatoms. The second-order valence-corrected chi connectivity index (χ2v) is 9.03. The third-order valence-corrected chi connectivity index (χ3v) is 6.64. The highest BCUT2D eigenvalue weighted by Crippen LogP contribution is 2.27. The van der Waals surface area contributed by atoms with E-state index in [1.807, 2.05) is 48.5 Å². The van der Waals surface area contributed by atoms with Gasteiger partial charge in [-0.05, 0) is 65.2 Å². The summed E-state index contributed by atoms with van der Waals surface area (Å²) in [6.45, 7) is 0.360. The Hall–Kier alpha value is -3.97. The summed E-state index contributed by atoms with van der Waals surface area (Å²) in [5.74, 6) is 0. The number of carbonyl (C=O) groups excluding carboxylic acids is 1. The zero-order chi connectivity index (χ0) is 22.4. The van der Waals surface area contributed by atoms with E-state index in [-0.39, 0.29) is 15.8 Å². The molecule has 0 fully saturated rings. The standard InChI is InChI=1S/C25H21N3O3S/c29-25(27-18-19-13-15-26-16-14-19)28-22-9-11-23(12-10-22)32(30,31)24-8-4-7-21(17-24)20-5-2-1-3-6-20/h1-17H,18H2,(H2,27,28,29). The summed E-state index contributed by atoms with van der Waals surface area (Å²) in [4.78, 5) is 16.4. The van der Waals surface area contributed by atoms with Gasteiger partial charge >= 0.3 is 6.03 Å². The minimum absolute atomic E-state index is 0.158. The minimum atomic E-state index is -3.70. The predicted molar refractivity (Wildman–Crippen MR) is 124 cm³/mol.